The first-order valence-electron chi connectivity index (χ1n) is 6.88. The van der Waals surface area contributed by atoms with E-state index in [1.165, 1.54) is 0 Å². The minimum Gasteiger partial charge on any atom is -0.359 e. The zero-order chi connectivity index (χ0) is 14.1. The fraction of sp³-hybridized carbons (Fsp3) is 0.500. The quantitative estimate of drug-likeness (QED) is 0.906. The molecule has 6 heteroatoms. The molecule has 1 saturated carbocycles. The molecule has 106 valence electrons. The summed E-state index contributed by atoms with van der Waals surface area (Å²) in [6.07, 6.45) is 5.07. The van der Waals surface area contributed by atoms with E-state index >= 15 is 0 Å². The van der Waals surface area contributed by atoms with Crippen molar-refractivity contribution >= 4 is 11.6 Å². The summed E-state index contributed by atoms with van der Waals surface area (Å²) in [5, 5.41) is 11.0. The molecule has 2 aromatic rings. The fourth-order valence-corrected chi connectivity index (χ4v) is 2.25. The first-order valence-corrected chi connectivity index (χ1v) is 6.88. The standard InChI is InChI=1S/C14H18N4O2/c1-9-13(14(20-17-9)10-3-4-10)16-12(19)6-5-11-7-8-15-18(11)2/h7-8,10H,3-6H2,1-2H3,(H,16,19). The lowest BCUT2D eigenvalue weighted by molar-refractivity contribution is -0.116. The van der Waals surface area contributed by atoms with Crippen LogP contribution in [0.15, 0.2) is 16.8 Å². The molecule has 1 aliphatic rings. The molecule has 1 fully saturated rings. The maximum Gasteiger partial charge on any atom is 0.224 e. The lowest BCUT2D eigenvalue weighted by atomic mass is 10.2. The van der Waals surface area contributed by atoms with Crippen molar-refractivity contribution in [3.05, 3.63) is 29.4 Å². The van der Waals surface area contributed by atoms with Gasteiger partial charge in [-0.15, -0.1) is 0 Å². The van der Waals surface area contributed by atoms with Crippen LogP contribution >= 0.6 is 0 Å². The number of hydrogen-bond acceptors (Lipinski definition) is 4. The number of nitrogens with one attached hydrogen (secondary N) is 1. The average Bonchev–Trinajstić information content (AvgIpc) is 3.09. The summed E-state index contributed by atoms with van der Waals surface area (Å²) in [6, 6.07) is 1.92. The summed E-state index contributed by atoms with van der Waals surface area (Å²) < 4.78 is 7.10. The second-order valence-corrected chi connectivity index (χ2v) is 5.28. The van der Waals surface area contributed by atoms with Crippen LogP contribution < -0.4 is 5.32 Å². The summed E-state index contributed by atoms with van der Waals surface area (Å²) >= 11 is 0. The number of aromatic nitrogens is 3. The van der Waals surface area contributed by atoms with Gasteiger partial charge in [-0.3, -0.25) is 9.48 Å². The Morgan fingerprint density at radius 2 is 2.35 bits per heavy atom. The van der Waals surface area contributed by atoms with Crippen molar-refractivity contribution in [1.29, 1.82) is 0 Å². The van der Waals surface area contributed by atoms with E-state index in [4.69, 9.17) is 4.52 Å². The zero-order valence-electron chi connectivity index (χ0n) is 11.7. The molecule has 0 saturated heterocycles. The van der Waals surface area contributed by atoms with Gasteiger partial charge >= 0.3 is 0 Å². The molecule has 0 spiro atoms. The molecule has 1 N–H and O–H groups in total. The highest BCUT2D eigenvalue weighted by atomic mass is 16.5. The number of hydrogen-bond donors (Lipinski definition) is 1. The minimum absolute atomic E-state index is 0.0144. The molecular formula is C14H18N4O2. The van der Waals surface area contributed by atoms with Crippen molar-refractivity contribution in [1.82, 2.24) is 14.9 Å². The predicted molar refractivity (Wildman–Crippen MR) is 73.4 cm³/mol. The first kappa shape index (κ1) is 12.9. The van der Waals surface area contributed by atoms with Crippen molar-refractivity contribution in [2.24, 2.45) is 7.05 Å². The summed E-state index contributed by atoms with van der Waals surface area (Å²) in [5.74, 6) is 1.25. The maximum atomic E-state index is 12.1. The molecule has 0 unspecified atom stereocenters. The predicted octanol–water partition coefficient (Wildman–Crippen LogP) is 2.17. The Balaban J connectivity index is 1.61. The van der Waals surface area contributed by atoms with E-state index in [1.54, 1.807) is 10.9 Å². The Kier molecular flexibility index (Phi) is 3.30. The third kappa shape index (κ3) is 2.59. The van der Waals surface area contributed by atoms with Crippen molar-refractivity contribution in [2.75, 3.05) is 5.32 Å². The van der Waals surface area contributed by atoms with E-state index in [2.05, 4.69) is 15.6 Å². The smallest absolute Gasteiger partial charge is 0.224 e. The van der Waals surface area contributed by atoms with Crippen LogP contribution in [0.2, 0.25) is 0 Å². The Hall–Kier alpha value is -2.11. The van der Waals surface area contributed by atoms with Gasteiger partial charge in [-0.1, -0.05) is 5.16 Å². The molecule has 3 rings (SSSR count). The van der Waals surface area contributed by atoms with Crippen LogP contribution in [0.25, 0.3) is 0 Å². The van der Waals surface area contributed by atoms with E-state index < -0.39 is 0 Å². The second-order valence-electron chi connectivity index (χ2n) is 5.28. The van der Waals surface area contributed by atoms with Gasteiger partial charge < -0.3 is 9.84 Å². The fourth-order valence-electron chi connectivity index (χ4n) is 2.25. The molecule has 1 aliphatic carbocycles. The second kappa shape index (κ2) is 5.11. The van der Waals surface area contributed by atoms with E-state index in [-0.39, 0.29) is 5.91 Å². The third-order valence-electron chi connectivity index (χ3n) is 3.63. The molecule has 0 atom stereocenters. The van der Waals surface area contributed by atoms with Crippen LogP contribution in [-0.2, 0) is 18.3 Å². The summed E-state index contributed by atoms with van der Waals surface area (Å²) in [7, 11) is 1.88. The first-order chi connectivity index (χ1) is 9.65. The van der Waals surface area contributed by atoms with Crippen LogP contribution in [0.5, 0.6) is 0 Å². The largest absolute Gasteiger partial charge is 0.359 e. The van der Waals surface area contributed by atoms with E-state index in [0.29, 0.717) is 18.8 Å². The Labute approximate surface area is 117 Å². The highest BCUT2D eigenvalue weighted by molar-refractivity contribution is 5.92. The minimum atomic E-state index is -0.0144. The summed E-state index contributed by atoms with van der Waals surface area (Å²) in [4.78, 5) is 12.1. The highest BCUT2D eigenvalue weighted by Crippen LogP contribution is 2.44. The number of anilines is 1. The third-order valence-corrected chi connectivity index (χ3v) is 3.63. The highest BCUT2D eigenvalue weighted by Gasteiger charge is 2.32. The van der Waals surface area contributed by atoms with E-state index in [9.17, 15) is 4.79 Å². The van der Waals surface area contributed by atoms with E-state index in [0.717, 1.165) is 35.7 Å². The van der Waals surface area contributed by atoms with Gasteiger partial charge in [0.15, 0.2) is 5.76 Å². The molecule has 2 heterocycles. The molecule has 6 nitrogen and oxygen atoms in total. The molecule has 1 amide bonds. The maximum absolute atomic E-state index is 12.1. The lowest BCUT2D eigenvalue weighted by Crippen LogP contribution is -2.14. The van der Waals surface area contributed by atoms with Gasteiger partial charge in [-0.05, 0) is 32.3 Å². The van der Waals surface area contributed by atoms with Crippen LogP contribution in [0.4, 0.5) is 5.69 Å². The zero-order valence-corrected chi connectivity index (χ0v) is 11.7. The lowest BCUT2D eigenvalue weighted by Gasteiger charge is -2.05. The van der Waals surface area contributed by atoms with Crippen molar-refractivity contribution in [3.63, 3.8) is 0 Å². The topological polar surface area (TPSA) is 73.0 Å². The number of nitrogens with zero attached hydrogens (tertiary/aromatic N) is 3. The van der Waals surface area contributed by atoms with Gasteiger partial charge in [0.2, 0.25) is 5.91 Å². The van der Waals surface area contributed by atoms with Gasteiger partial charge in [0, 0.05) is 31.3 Å². The van der Waals surface area contributed by atoms with Gasteiger partial charge in [-0.2, -0.15) is 5.10 Å². The summed E-state index contributed by atoms with van der Waals surface area (Å²) in [5.41, 5.74) is 2.56. The Morgan fingerprint density at radius 3 is 3.00 bits per heavy atom. The van der Waals surface area contributed by atoms with Crippen LogP contribution in [-0.4, -0.2) is 20.8 Å². The number of amides is 1. The molecule has 20 heavy (non-hydrogen) atoms. The van der Waals surface area contributed by atoms with Gasteiger partial charge in [0.05, 0.1) is 0 Å². The average molecular weight is 274 g/mol. The van der Waals surface area contributed by atoms with E-state index in [1.807, 2.05) is 20.0 Å². The van der Waals surface area contributed by atoms with Crippen LogP contribution in [0.1, 0.15) is 42.3 Å². The van der Waals surface area contributed by atoms with Crippen LogP contribution in [0.3, 0.4) is 0 Å². The molecule has 0 bridgehead atoms. The van der Waals surface area contributed by atoms with Crippen molar-refractivity contribution in [3.8, 4) is 0 Å². The van der Waals surface area contributed by atoms with Crippen molar-refractivity contribution in [2.45, 2.75) is 38.5 Å². The Bertz CT molecular complexity index is 625. The Morgan fingerprint density at radius 1 is 1.55 bits per heavy atom. The van der Waals surface area contributed by atoms with Gasteiger partial charge in [-0.25, -0.2) is 0 Å². The van der Waals surface area contributed by atoms with Gasteiger partial charge in [0.1, 0.15) is 11.4 Å². The summed E-state index contributed by atoms with van der Waals surface area (Å²) in [6.45, 7) is 1.85. The molecule has 0 aromatic carbocycles. The molecule has 0 radical (unpaired) electrons. The number of carbonyl (C=O) groups excluding carboxylic acids is 1. The monoisotopic (exact) mass is 274 g/mol. The number of carbonyl (C=O) groups is 1. The normalized spacial score (nSPS) is 14.5. The van der Waals surface area contributed by atoms with Gasteiger partial charge in [0.25, 0.3) is 0 Å². The molecular weight excluding hydrogens is 256 g/mol. The number of rotatable bonds is 5. The molecule has 2 aromatic heterocycles. The molecule has 0 aliphatic heterocycles. The number of aryl methyl sites for hydroxylation is 3. The van der Waals surface area contributed by atoms with Crippen molar-refractivity contribution < 1.29 is 9.32 Å². The van der Waals surface area contributed by atoms with Crippen LogP contribution in [0, 0.1) is 6.92 Å². The SMILES string of the molecule is Cc1noc(C2CC2)c1NC(=O)CCc1ccnn1C.